The second-order valence-corrected chi connectivity index (χ2v) is 12.5. The van der Waals surface area contributed by atoms with Gasteiger partial charge in [0.15, 0.2) is 5.78 Å². The number of ether oxygens (including phenoxy) is 1. The molecule has 4 aliphatic rings. The minimum absolute atomic E-state index is 0.121. The maximum atomic E-state index is 11.9. The number of rotatable bonds is 10. The van der Waals surface area contributed by atoms with Gasteiger partial charge in [-0.2, -0.15) is 0 Å². The highest BCUT2D eigenvalue weighted by Crippen LogP contribution is 2.64. The summed E-state index contributed by atoms with van der Waals surface area (Å²) in [7, 11) is 0. The summed E-state index contributed by atoms with van der Waals surface area (Å²) in [6.07, 6.45) is 24.5. The van der Waals surface area contributed by atoms with Crippen molar-refractivity contribution in [2.75, 3.05) is 6.61 Å². The molecule has 5 unspecified atom stereocenters. The highest BCUT2D eigenvalue weighted by molar-refractivity contribution is 5.92. The van der Waals surface area contributed by atoms with Gasteiger partial charge < -0.3 is 4.74 Å². The quantitative estimate of drug-likeness (QED) is 0.172. The van der Waals surface area contributed by atoms with Crippen LogP contribution in [0.1, 0.15) is 118 Å². The topological polar surface area (TPSA) is 43.4 Å². The molecule has 202 valence electrons. The van der Waals surface area contributed by atoms with Crippen LogP contribution in [0, 0.1) is 34.5 Å². The Labute approximate surface area is 221 Å². The molecule has 0 aromatic carbocycles. The number of allylic oxidation sites excluding steroid dienone is 6. The molecule has 0 radical (unpaired) electrons. The van der Waals surface area contributed by atoms with E-state index in [0.717, 1.165) is 25.2 Å². The summed E-state index contributed by atoms with van der Waals surface area (Å²) in [5.74, 6) is 3.04. The highest BCUT2D eigenvalue weighted by atomic mass is 16.5. The predicted octanol–water partition coefficient (Wildman–Crippen LogP) is 8.79. The fourth-order valence-corrected chi connectivity index (χ4v) is 7.77. The molecule has 3 heteroatoms. The zero-order chi connectivity index (χ0) is 26.2. The van der Waals surface area contributed by atoms with Crippen molar-refractivity contribution in [1.29, 1.82) is 0 Å². The lowest BCUT2D eigenvalue weighted by atomic mass is 9.51. The van der Waals surface area contributed by atoms with E-state index in [4.69, 9.17) is 4.74 Å². The molecule has 6 atom stereocenters. The van der Waals surface area contributed by atoms with Crippen molar-refractivity contribution >= 4 is 12.3 Å². The smallest absolute Gasteiger partial charge is 0.293 e. The summed E-state index contributed by atoms with van der Waals surface area (Å²) in [6.45, 7) is 12.8. The van der Waals surface area contributed by atoms with Crippen LogP contribution in [0.25, 0.3) is 0 Å². The molecule has 0 heterocycles. The first-order chi connectivity index (χ1) is 17.3. The van der Waals surface area contributed by atoms with Crippen LogP contribution in [0.3, 0.4) is 0 Å². The average molecular weight is 497 g/mol. The molecular weight excluding hydrogens is 444 g/mol. The molecule has 0 saturated heterocycles. The fourth-order valence-electron chi connectivity index (χ4n) is 7.77. The van der Waals surface area contributed by atoms with Gasteiger partial charge in [-0.1, -0.05) is 89.7 Å². The highest BCUT2D eigenvalue weighted by Gasteiger charge is 2.55. The zero-order valence-electron chi connectivity index (χ0n) is 23.8. The Morgan fingerprint density at radius 2 is 1.92 bits per heavy atom. The lowest BCUT2D eigenvalue weighted by Gasteiger charge is -2.53. The van der Waals surface area contributed by atoms with Crippen molar-refractivity contribution in [1.82, 2.24) is 0 Å². The van der Waals surface area contributed by atoms with Gasteiger partial charge in [0.1, 0.15) is 0 Å². The number of fused-ring (bicyclic) bond motifs is 5. The maximum Gasteiger partial charge on any atom is 0.293 e. The van der Waals surface area contributed by atoms with Gasteiger partial charge in [0, 0.05) is 11.8 Å². The molecule has 4 aliphatic carbocycles. The number of carbonyl (C=O) groups is 2. The third-order valence-corrected chi connectivity index (χ3v) is 10.1. The van der Waals surface area contributed by atoms with Crippen LogP contribution in [-0.2, 0) is 14.3 Å². The molecule has 0 spiro atoms. The predicted molar refractivity (Wildman–Crippen MR) is 150 cm³/mol. The van der Waals surface area contributed by atoms with Gasteiger partial charge in [0.05, 0.1) is 6.61 Å². The molecule has 0 amide bonds. The average Bonchev–Trinajstić information content (AvgIpc) is 3.20. The van der Waals surface area contributed by atoms with Crippen LogP contribution in [0.2, 0.25) is 0 Å². The van der Waals surface area contributed by atoms with Crippen LogP contribution < -0.4 is 0 Å². The molecule has 2 fully saturated rings. The summed E-state index contributed by atoms with van der Waals surface area (Å²) >= 11 is 0. The van der Waals surface area contributed by atoms with E-state index < -0.39 is 0 Å². The molecule has 0 N–H and O–H groups in total. The second kappa shape index (κ2) is 13.2. The van der Waals surface area contributed by atoms with Crippen LogP contribution in [0.5, 0.6) is 0 Å². The van der Waals surface area contributed by atoms with Gasteiger partial charge in [-0.3, -0.25) is 9.59 Å². The van der Waals surface area contributed by atoms with E-state index in [1.54, 1.807) is 5.57 Å². The van der Waals surface area contributed by atoms with Crippen molar-refractivity contribution < 1.29 is 14.3 Å². The SMILES string of the molecule is CC12CCC(=O)C=C1CCC1C2=CCC2(C)C(COC=O)CCC12.CCCC/C=C\C[C@H](C)CCC. The Morgan fingerprint density at radius 3 is 2.64 bits per heavy atom. The third-order valence-electron chi connectivity index (χ3n) is 10.1. The van der Waals surface area contributed by atoms with Gasteiger partial charge >= 0.3 is 0 Å². The first-order valence-corrected chi connectivity index (χ1v) is 14.9. The summed E-state index contributed by atoms with van der Waals surface area (Å²) < 4.78 is 5.14. The fraction of sp³-hybridized carbons (Fsp3) is 0.758. The summed E-state index contributed by atoms with van der Waals surface area (Å²) in [4.78, 5) is 22.5. The van der Waals surface area contributed by atoms with Crippen LogP contribution >= 0.6 is 0 Å². The molecule has 0 aromatic heterocycles. The number of hydrogen-bond acceptors (Lipinski definition) is 3. The van der Waals surface area contributed by atoms with E-state index in [9.17, 15) is 9.59 Å². The van der Waals surface area contributed by atoms with E-state index in [0.29, 0.717) is 43.0 Å². The molecule has 0 bridgehead atoms. The van der Waals surface area contributed by atoms with Gasteiger partial charge in [0.2, 0.25) is 0 Å². The van der Waals surface area contributed by atoms with E-state index in [2.05, 4.69) is 52.8 Å². The van der Waals surface area contributed by atoms with Crippen LogP contribution in [0.4, 0.5) is 0 Å². The van der Waals surface area contributed by atoms with Crippen molar-refractivity contribution in [3.8, 4) is 0 Å². The number of hydrogen-bond donors (Lipinski definition) is 0. The first kappa shape index (κ1) is 28.9. The molecule has 3 nitrogen and oxygen atoms in total. The second-order valence-electron chi connectivity index (χ2n) is 12.5. The number of carbonyl (C=O) groups excluding carboxylic acids is 2. The minimum atomic E-state index is 0.121. The monoisotopic (exact) mass is 496 g/mol. The largest absolute Gasteiger partial charge is 0.468 e. The van der Waals surface area contributed by atoms with E-state index >= 15 is 0 Å². The number of ketones is 1. The lowest BCUT2D eigenvalue weighted by Crippen LogP contribution is -2.45. The van der Waals surface area contributed by atoms with Gasteiger partial charge in [-0.25, -0.2) is 0 Å². The molecule has 2 saturated carbocycles. The molecular formula is C33H52O3. The summed E-state index contributed by atoms with van der Waals surface area (Å²) in [6, 6.07) is 0. The molecule has 0 aromatic rings. The van der Waals surface area contributed by atoms with Crippen molar-refractivity contribution in [2.24, 2.45) is 34.5 Å². The van der Waals surface area contributed by atoms with Crippen molar-refractivity contribution in [2.45, 2.75) is 118 Å². The Bertz CT molecular complexity index is 836. The van der Waals surface area contributed by atoms with Gasteiger partial charge in [-0.15, -0.1) is 0 Å². The normalized spacial score (nSPS) is 33.9. The first-order valence-electron chi connectivity index (χ1n) is 14.9. The van der Waals surface area contributed by atoms with Crippen molar-refractivity contribution in [3.63, 3.8) is 0 Å². The molecule has 36 heavy (non-hydrogen) atoms. The van der Waals surface area contributed by atoms with Crippen LogP contribution in [0.15, 0.2) is 35.5 Å². The summed E-state index contributed by atoms with van der Waals surface area (Å²) in [5.41, 5.74) is 3.38. The Hall–Kier alpha value is -1.64. The standard InChI is InChI=1S/C21H28O3.C12H24/c1-20-9-7-16(23)11-14(20)3-5-17-18-6-4-15(12-24-13-22)21(18,2)10-8-19(17)20;1-4-6-7-8-9-11-12(3)10-5-2/h8,11,13,15,17-18H,3-7,9-10,12H2,1-2H3;8-9,12H,4-7,10-11H2,1-3H3/b;9-8-/t;12-/m.1/s1. The van der Waals surface area contributed by atoms with E-state index in [1.165, 1.54) is 63.4 Å². The number of unbranched alkanes of at least 4 members (excludes halogenated alkanes) is 2. The Kier molecular flexibility index (Phi) is 10.6. The maximum absolute atomic E-state index is 11.9. The summed E-state index contributed by atoms with van der Waals surface area (Å²) in [5, 5.41) is 0. The van der Waals surface area contributed by atoms with Gasteiger partial charge in [-0.05, 0) is 86.5 Å². The zero-order valence-corrected chi connectivity index (χ0v) is 23.8. The molecule has 0 aliphatic heterocycles. The lowest BCUT2D eigenvalue weighted by molar-refractivity contribution is -0.131. The van der Waals surface area contributed by atoms with Crippen LogP contribution in [-0.4, -0.2) is 18.9 Å². The Balaban J connectivity index is 0.000000257. The molecule has 4 rings (SSSR count). The Morgan fingerprint density at radius 1 is 1.11 bits per heavy atom. The minimum Gasteiger partial charge on any atom is -0.468 e. The third kappa shape index (κ3) is 6.43. The van der Waals surface area contributed by atoms with E-state index in [1.807, 2.05) is 6.08 Å². The van der Waals surface area contributed by atoms with Gasteiger partial charge in [0.25, 0.3) is 6.47 Å². The van der Waals surface area contributed by atoms with E-state index in [-0.39, 0.29) is 10.8 Å². The van der Waals surface area contributed by atoms with Crippen molar-refractivity contribution in [3.05, 3.63) is 35.5 Å².